The Hall–Kier alpha value is -2.04. The van der Waals surface area contributed by atoms with Crippen molar-refractivity contribution >= 4 is 0 Å². The van der Waals surface area contributed by atoms with E-state index in [1.165, 1.54) is 13.2 Å². The lowest BCUT2D eigenvalue weighted by atomic mass is 10.3. The molecule has 1 aromatic carbocycles. The highest BCUT2D eigenvalue weighted by Gasteiger charge is 2.11. The first-order valence-electron chi connectivity index (χ1n) is 6.11. The van der Waals surface area contributed by atoms with Crippen molar-refractivity contribution in [2.75, 3.05) is 7.11 Å². The molecule has 0 atom stereocenters. The van der Waals surface area contributed by atoms with Gasteiger partial charge in [0.1, 0.15) is 6.61 Å². The molecular formula is C14H17FN2O2. The van der Waals surface area contributed by atoms with E-state index in [0.717, 1.165) is 5.69 Å². The highest BCUT2D eigenvalue weighted by Crippen LogP contribution is 2.30. The molecule has 19 heavy (non-hydrogen) atoms. The van der Waals surface area contributed by atoms with Crippen molar-refractivity contribution in [2.45, 2.75) is 26.5 Å². The van der Waals surface area contributed by atoms with E-state index >= 15 is 0 Å². The molecule has 5 heteroatoms. The Bertz CT molecular complexity index is 552. The van der Waals surface area contributed by atoms with Gasteiger partial charge in [-0.3, -0.25) is 4.68 Å². The second kappa shape index (κ2) is 5.73. The molecule has 1 heterocycles. The number of aromatic nitrogens is 2. The van der Waals surface area contributed by atoms with E-state index in [0.29, 0.717) is 5.75 Å². The van der Waals surface area contributed by atoms with Crippen LogP contribution in [0.4, 0.5) is 4.39 Å². The van der Waals surface area contributed by atoms with Crippen molar-refractivity contribution in [3.8, 4) is 11.5 Å². The van der Waals surface area contributed by atoms with Crippen molar-refractivity contribution < 1.29 is 13.9 Å². The van der Waals surface area contributed by atoms with Gasteiger partial charge in [-0.05, 0) is 32.0 Å². The van der Waals surface area contributed by atoms with Crippen LogP contribution in [0.3, 0.4) is 0 Å². The minimum atomic E-state index is -0.442. The first-order chi connectivity index (χ1) is 9.11. The Kier molecular flexibility index (Phi) is 4.04. The monoisotopic (exact) mass is 264 g/mol. The molecule has 1 aromatic heterocycles. The number of benzene rings is 1. The molecule has 2 rings (SSSR count). The second-order valence-corrected chi connectivity index (χ2v) is 4.44. The fourth-order valence-corrected chi connectivity index (χ4v) is 1.68. The normalized spacial score (nSPS) is 10.8. The predicted molar refractivity (Wildman–Crippen MR) is 69.9 cm³/mol. The maximum absolute atomic E-state index is 13.6. The fourth-order valence-electron chi connectivity index (χ4n) is 1.68. The first kappa shape index (κ1) is 13.4. The van der Waals surface area contributed by atoms with Gasteiger partial charge in [-0.15, -0.1) is 0 Å². The van der Waals surface area contributed by atoms with Gasteiger partial charge in [-0.25, -0.2) is 4.39 Å². The van der Waals surface area contributed by atoms with Crippen LogP contribution in [-0.4, -0.2) is 16.9 Å². The Morgan fingerprint density at radius 3 is 2.74 bits per heavy atom. The molecule has 2 aromatic rings. The third-order valence-electron chi connectivity index (χ3n) is 2.71. The van der Waals surface area contributed by atoms with E-state index in [1.807, 2.05) is 30.8 Å². The third kappa shape index (κ3) is 3.05. The van der Waals surface area contributed by atoms with E-state index in [2.05, 4.69) is 5.10 Å². The topological polar surface area (TPSA) is 36.3 Å². The van der Waals surface area contributed by atoms with E-state index in [9.17, 15) is 4.39 Å². The second-order valence-electron chi connectivity index (χ2n) is 4.44. The lowest BCUT2D eigenvalue weighted by Crippen LogP contribution is -2.04. The summed E-state index contributed by atoms with van der Waals surface area (Å²) in [6.45, 7) is 4.28. The Labute approximate surface area is 111 Å². The molecule has 0 spiro atoms. The molecule has 0 saturated carbocycles. The fraction of sp³-hybridized carbons (Fsp3) is 0.357. The molecule has 0 aliphatic rings. The van der Waals surface area contributed by atoms with Crippen LogP contribution in [-0.2, 0) is 6.61 Å². The average molecular weight is 264 g/mol. The van der Waals surface area contributed by atoms with Gasteiger partial charge in [-0.1, -0.05) is 6.07 Å². The summed E-state index contributed by atoms with van der Waals surface area (Å²) < 4.78 is 26.0. The first-order valence-corrected chi connectivity index (χ1v) is 6.11. The number of halogens is 1. The number of methoxy groups -OCH3 is 1. The molecule has 0 bridgehead atoms. The van der Waals surface area contributed by atoms with Crippen molar-refractivity contribution in [3.05, 3.63) is 42.0 Å². The number of hydrogen-bond donors (Lipinski definition) is 0. The van der Waals surface area contributed by atoms with Crippen LogP contribution >= 0.6 is 0 Å². The lowest BCUT2D eigenvalue weighted by Gasteiger charge is -2.10. The zero-order chi connectivity index (χ0) is 13.8. The summed E-state index contributed by atoms with van der Waals surface area (Å²) >= 11 is 0. The minimum Gasteiger partial charge on any atom is -0.493 e. The van der Waals surface area contributed by atoms with Gasteiger partial charge in [-0.2, -0.15) is 5.10 Å². The quantitative estimate of drug-likeness (QED) is 0.832. The van der Waals surface area contributed by atoms with Gasteiger partial charge in [0.2, 0.25) is 0 Å². The Morgan fingerprint density at radius 2 is 2.11 bits per heavy atom. The Balaban J connectivity index is 2.09. The number of ether oxygens (including phenoxy) is 2. The maximum atomic E-state index is 13.6. The summed E-state index contributed by atoms with van der Waals surface area (Å²) in [6.07, 6.45) is 1.88. The molecule has 0 aliphatic carbocycles. The predicted octanol–water partition coefficient (Wildman–Crippen LogP) is 3.19. The molecule has 102 valence electrons. The zero-order valence-corrected chi connectivity index (χ0v) is 11.3. The molecule has 0 aliphatic heterocycles. The SMILES string of the molecule is COc1cccc(F)c1OCc1ccn(C(C)C)n1. The van der Waals surface area contributed by atoms with Crippen molar-refractivity contribution in [1.82, 2.24) is 9.78 Å². The van der Waals surface area contributed by atoms with Crippen LogP contribution in [0.2, 0.25) is 0 Å². The molecule has 0 amide bonds. The van der Waals surface area contributed by atoms with Gasteiger partial charge in [0.15, 0.2) is 17.3 Å². The van der Waals surface area contributed by atoms with Crippen LogP contribution in [0.15, 0.2) is 30.5 Å². The van der Waals surface area contributed by atoms with Crippen molar-refractivity contribution in [2.24, 2.45) is 0 Å². The van der Waals surface area contributed by atoms with E-state index in [-0.39, 0.29) is 18.4 Å². The van der Waals surface area contributed by atoms with Gasteiger partial charge >= 0.3 is 0 Å². The standard InChI is InChI=1S/C14H17FN2O2/c1-10(2)17-8-7-11(16-17)9-19-14-12(15)5-4-6-13(14)18-3/h4-8,10H,9H2,1-3H3. The summed E-state index contributed by atoms with van der Waals surface area (Å²) in [4.78, 5) is 0. The highest BCUT2D eigenvalue weighted by atomic mass is 19.1. The van der Waals surface area contributed by atoms with Crippen LogP contribution in [0.25, 0.3) is 0 Å². The molecule has 0 unspecified atom stereocenters. The Morgan fingerprint density at radius 1 is 1.32 bits per heavy atom. The number of nitrogens with zero attached hydrogens (tertiary/aromatic N) is 2. The van der Waals surface area contributed by atoms with Crippen molar-refractivity contribution in [1.29, 1.82) is 0 Å². The number of hydrogen-bond acceptors (Lipinski definition) is 3. The average Bonchev–Trinajstić information content (AvgIpc) is 2.86. The van der Waals surface area contributed by atoms with Crippen LogP contribution in [0, 0.1) is 5.82 Å². The molecule has 0 fully saturated rings. The van der Waals surface area contributed by atoms with E-state index in [1.54, 1.807) is 12.1 Å². The summed E-state index contributed by atoms with van der Waals surface area (Å²) in [5.41, 5.74) is 0.749. The lowest BCUT2D eigenvalue weighted by molar-refractivity contribution is 0.264. The molecule has 0 saturated heterocycles. The van der Waals surface area contributed by atoms with E-state index in [4.69, 9.17) is 9.47 Å². The summed E-state index contributed by atoms with van der Waals surface area (Å²) in [5, 5.41) is 4.34. The summed E-state index contributed by atoms with van der Waals surface area (Å²) in [5.74, 6) is 0.0510. The minimum absolute atomic E-state index is 0.115. The molecule has 4 nitrogen and oxygen atoms in total. The van der Waals surface area contributed by atoms with Crippen molar-refractivity contribution in [3.63, 3.8) is 0 Å². The van der Waals surface area contributed by atoms with Crippen LogP contribution < -0.4 is 9.47 Å². The number of para-hydroxylation sites is 1. The van der Waals surface area contributed by atoms with Crippen LogP contribution in [0.1, 0.15) is 25.6 Å². The number of rotatable bonds is 5. The zero-order valence-electron chi connectivity index (χ0n) is 11.3. The largest absolute Gasteiger partial charge is 0.493 e. The summed E-state index contributed by atoms with van der Waals surface area (Å²) in [7, 11) is 1.48. The third-order valence-corrected chi connectivity index (χ3v) is 2.71. The van der Waals surface area contributed by atoms with Gasteiger partial charge in [0.05, 0.1) is 12.8 Å². The maximum Gasteiger partial charge on any atom is 0.197 e. The van der Waals surface area contributed by atoms with Crippen LogP contribution in [0.5, 0.6) is 11.5 Å². The van der Waals surface area contributed by atoms with E-state index < -0.39 is 5.82 Å². The van der Waals surface area contributed by atoms with Gasteiger partial charge in [0, 0.05) is 12.2 Å². The molecule has 0 N–H and O–H groups in total. The summed E-state index contributed by atoms with van der Waals surface area (Å²) in [6, 6.07) is 6.72. The van der Waals surface area contributed by atoms with Gasteiger partial charge < -0.3 is 9.47 Å². The smallest absolute Gasteiger partial charge is 0.197 e. The molecule has 0 radical (unpaired) electrons. The highest BCUT2D eigenvalue weighted by molar-refractivity contribution is 5.40. The molecular weight excluding hydrogens is 247 g/mol. The van der Waals surface area contributed by atoms with Gasteiger partial charge in [0.25, 0.3) is 0 Å².